The highest BCUT2D eigenvalue weighted by Crippen LogP contribution is 2.20. The van der Waals surface area contributed by atoms with Crippen LogP contribution in [0.4, 0.5) is 0 Å². The average molecular weight is 303 g/mol. The molecule has 3 rings (SSSR count). The Bertz CT molecular complexity index is 905. The standard InChI is InChI=1S/C13H13N5O2S/c1-7-4-10-12(21-7)15-8(2)18(13(10)20)16-11(19)9-5-14-17(3)6-9/h4-6H,1-3H3,(H,16,19). The minimum Gasteiger partial charge on any atom is -0.275 e. The van der Waals surface area contributed by atoms with E-state index in [9.17, 15) is 9.59 Å². The van der Waals surface area contributed by atoms with Crippen LogP contribution in [-0.4, -0.2) is 25.3 Å². The second-order valence-electron chi connectivity index (χ2n) is 4.72. The van der Waals surface area contributed by atoms with Gasteiger partial charge in [0.2, 0.25) is 0 Å². The van der Waals surface area contributed by atoms with Gasteiger partial charge in [-0.15, -0.1) is 11.3 Å². The third-order valence-corrected chi connectivity index (χ3v) is 3.98. The van der Waals surface area contributed by atoms with E-state index in [-0.39, 0.29) is 5.56 Å². The molecule has 8 heteroatoms. The van der Waals surface area contributed by atoms with Crippen molar-refractivity contribution < 1.29 is 4.79 Å². The number of carbonyl (C=O) groups excluding carboxylic acids is 1. The fraction of sp³-hybridized carbons (Fsp3) is 0.231. The third-order valence-electron chi connectivity index (χ3n) is 3.04. The summed E-state index contributed by atoms with van der Waals surface area (Å²) in [5, 5.41) is 4.44. The lowest BCUT2D eigenvalue weighted by Gasteiger charge is -2.09. The maximum absolute atomic E-state index is 12.4. The number of carbonyl (C=O) groups is 1. The molecule has 0 spiro atoms. The lowest BCUT2D eigenvalue weighted by Crippen LogP contribution is -2.35. The van der Waals surface area contributed by atoms with E-state index in [0.717, 1.165) is 4.88 Å². The first-order chi connectivity index (χ1) is 9.95. The van der Waals surface area contributed by atoms with E-state index >= 15 is 0 Å². The predicted molar refractivity (Wildman–Crippen MR) is 80.3 cm³/mol. The highest BCUT2D eigenvalue weighted by Gasteiger charge is 2.14. The van der Waals surface area contributed by atoms with Crippen molar-refractivity contribution in [2.75, 3.05) is 5.43 Å². The quantitative estimate of drug-likeness (QED) is 0.771. The molecule has 0 saturated carbocycles. The Balaban J connectivity index is 2.04. The molecule has 0 atom stereocenters. The molecule has 7 nitrogen and oxygen atoms in total. The molecule has 3 aromatic heterocycles. The van der Waals surface area contributed by atoms with Crippen molar-refractivity contribution in [3.8, 4) is 0 Å². The largest absolute Gasteiger partial charge is 0.281 e. The second kappa shape index (κ2) is 4.81. The number of nitrogens with zero attached hydrogens (tertiary/aromatic N) is 4. The van der Waals surface area contributed by atoms with Gasteiger partial charge in [-0.25, -0.2) is 9.66 Å². The Hall–Kier alpha value is -2.48. The number of aryl methyl sites for hydroxylation is 3. The molecule has 21 heavy (non-hydrogen) atoms. The van der Waals surface area contributed by atoms with E-state index in [4.69, 9.17) is 0 Å². The van der Waals surface area contributed by atoms with Crippen LogP contribution in [-0.2, 0) is 7.05 Å². The minimum absolute atomic E-state index is 0.279. The first kappa shape index (κ1) is 13.5. The van der Waals surface area contributed by atoms with Crippen molar-refractivity contribution in [3.05, 3.63) is 45.1 Å². The summed E-state index contributed by atoms with van der Waals surface area (Å²) < 4.78 is 2.69. The molecule has 0 fully saturated rings. The Morgan fingerprint density at radius 2 is 2.14 bits per heavy atom. The molecule has 0 bridgehead atoms. The molecule has 0 aliphatic heterocycles. The van der Waals surface area contributed by atoms with E-state index in [1.165, 1.54) is 26.9 Å². The lowest BCUT2D eigenvalue weighted by molar-refractivity contribution is 0.101. The van der Waals surface area contributed by atoms with Crippen LogP contribution in [0.15, 0.2) is 23.3 Å². The second-order valence-corrected chi connectivity index (χ2v) is 5.95. The summed E-state index contributed by atoms with van der Waals surface area (Å²) >= 11 is 1.46. The van der Waals surface area contributed by atoms with Crippen LogP contribution in [0.25, 0.3) is 10.2 Å². The van der Waals surface area contributed by atoms with Gasteiger partial charge in [-0.05, 0) is 19.9 Å². The summed E-state index contributed by atoms with van der Waals surface area (Å²) in [7, 11) is 1.72. The van der Waals surface area contributed by atoms with E-state index < -0.39 is 5.91 Å². The van der Waals surface area contributed by atoms with Crippen molar-refractivity contribution in [2.24, 2.45) is 7.05 Å². The molecule has 0 aromatic carbocycles. The van der Waals surface area contributed by atoms with E-state index in [0.29, 0.717) is 21.6 Å². The van der Waals surface area contributed by atoms with Crippen LogP contribution in [0.2, 0.25) is 0 Å². The first-order valence-corrected chi connectivity index (χ1v) is 7.07. The molecule has 0 radical (unpaired) electrons. The van der Waals surface area contributed by atoms with Gasteiger partial charge in [0.05, 0.1) is 17.1 Å². The van der Waals surface area contributed by atoms with Crippen LogP contribution in [0.3, 0.4) is 0 Å². The topological polar surface area (TPSA) is 81.8 Å². The van der Waals surface area contributed by atoms with Crippen LogP contribution in [0.5, 0.6) is 0 Å². The van der Waals surface area contributed by atoms with Gasteiger partial charge in [-0.1, -0.05) is 0 Å². The number of rotatable bonds is 2. The van der Waals surface area contributed by atoms with Gasteiger partial charge in [0.1, 0.15) is 10.7 Å². The van der Waals surface area contributed by atoms with Crippen LogP contribution < -0.4 is 11.0 Å². The van der Waals surface area contributed by atoms with Crippen LogP contribution in [0, 0.1) is 13.8 Å². The van der Waals surface area contributed by atoms with Gasteiger partial charge >= 0.3 is 0 Å². The van der Waals surface area contributed by atoms with Crippen molar-refractivity contribution in [2.45, 2.75) is 13.8 Å². The Morgan fingerprint density at radius 1 is 1.38 bits per heavy atom. The molecule has 1 N–H and O–H groups in total. The number of thiophene rings is 1. The minimum atomic E-state index is -0.401. The molecular weight excluding hydrogens is 290 g/mol. The molecule has 0 aliphatic carbocycles. The van der Waals surface area contributed by atoms with Crippen LogP contribution >= 0.6 is 11.3 Å². The summed E-state index contributed by atoms with van der Waals surface area (Å²) in [6.07, 6.45) is 3.02. The monoisotopic (exact) mass is 303 g/mol. The summed E-state index contributed by atoms with van der Waals surface area (Å²) in [6, 6.07) is 1.78. The van der Waals surface area contributed by atoms with Crippen molar-refractivity contribution in [3.63, 3.8) is 0 Å². The molecular formula is C13H13N5O2S. The zero-order chi connectivity index (χ0) is 15.1. The van der Waals surface area contributed by atoms with Crippen molar-refractivity contribution in [1.29, 1.82) is 0 Å². The Labute approximate surface area is 123 Å². The number of hydrogen-bond acceptors (Lipinski definition) is 5. The van der Waals surface area contributed by atoms with Gasteiger partial charge < -0.3 is 0 Å². The highest BCUT2D eigenvalue weighted by atomic mass is 32.1. The van der Waals surface area contributed by atoms with Gasteiger partial charge in [0.15, 0.2) is 0 Å². The van der Waals surface area contributed by atoms with Crippen LogP contribution in [0.1, 0.15) is 21.1 Å². The molecule has 108 valence electrons. The Kier molecular flexibility index (Phi) is 3.09. The van der Waals surface area contributed by atoms with Gasteiger partial charge in [-0.2, -0.15) is 5.10 Å². The summed E-state index contributed by atoms with van der Waals surface area (Å²) in [5.74, 6) is 0.0352. The summed E-state index contributed by atoms with van der Waals surface area (Å²) in [6.45, 7) is 3.60. The Morgan fingerprint density at radius 3 is 2.81 bits per heavy atom. The average Bonchev–Trinajstić information content (AvgIpc) is 3.00. The smallest absolute Gasteiger partial charge is 0.275 e. The van der Waals surface area contributed by atoms with Crippen molar-refractivity contribution >= 4 is 27.5 Å². The van der Waals surface area contributed by atoms with E-state index in [2.05, 4.69) is 15.5 Å². The zero-order valence-corrected chi connectivity index (χ0v) is 12.6. The van der Waals surface area contributed by atoms with Gasteiger partial charge in [0, 0.05) is 18.1 Å². The van der Waals surface area contributed by atoms with Gasteiger partial charge in [0.25, 0.3) is 11.5 Å². The molecule has 3 aromatic rings. The molecule has 0 saturated heterocycles. The van der Waals surface area contributed by atoms with E-state index in [1.54, 1.807) is 26.2 Å². The molecule has 3 heterocycles. The number of aromatic nitrogens is 4. The maximum Gasteiger partial charge on any atom is 0.281 e. The maximum atomic E-state index is 12.4. The predicted octanol–water partition coefficient (Wildman–Crippen LogP) is 1.19. The fourth-order valence-electron chi connectivity index (χ4n) is 2.04. The summed E-state index contributed by atoms with van der Waals surface area (Å²) in [4.78, 5) is 30.6. The van der Waals surface area contributed by atoms with E-state index in [1.807, 2.05) is 6.92 Å². The lowest BCUT2D eigenvalue weighted by atomic mass is 10.3. The number of fused-ring (bicyclic) bond motifs is 1. The molecule has 1 amide bonds. The normalized spacial score (nSPS) is 11.0. The number of amides is 1. The number of hydrogen-bond donors (Lipinski definition) is 1. The molecule has 0 aliphatic rings. The fourth-order valence-corrected chi connectivity index (χ4v) is 2.95. The third kappa shape index (κ3) is 2.33. The summed E-state index contributed by atoms with van der Waals surface area (Å²) in [5.41, 5.74) is 2.66. The highest BCUT2D eigenvalue weighted by molar-refractivity contribution is 7.18. The van der Waals surface area contributed by atoms with Crippen molar-refractivity contribution in [1.82, 2.24) is 19.4 Å². The number of nitrogens with one attached hydrogen (secondary N) is 1. The first-order valence-electron chi connectivity index (χ1n) is 6.25. The zero-order valence-electron chi connectivity index (χ0n) is 11.7. The SMILES string of the molecule is Cc1cc2c(=O)n(NC(=O)c3cnn(C)c3)c(C)nc2s1. The van der Waals surface area contributed by atoms with Gasteiger partial charge in [-0.3, -0.25) is 19.7 Å². The molecule has 0 unspecified atom stereocenters.